The van der Waals surface area contributed by atoms with Gasteiger partial charge in [-0.25, -0.2) is 8.42 Å². The zero-order valence-electron chi connectivity index (χ0n) is 6.90. The van der Waals surface area contributed by atoms with Crippen molar-refractivity contribution in [3.63, 3.8) is 0 Å². The van der Waals surface area contributed by atoms with Crippen molar-refractivity contribution in [2.24, 2.45) is 0 Å². The van der Waals surface area contributed by atoms with Gasteiger partial charge in [-0.2, -0.15) is 0 Å². The Hall–Kier alpha value is -1.01. The molecule has 6 heteroatoms. The molecule has 0 bridgehead atoms. The standard InChI is InChI=1S/C7H8FNO3S/c1-2-6-3-4-9(8)7(5-6)13(10,11)12/h3-5H,2H2,1H3. The van der Waals surface area contributed by atoms with Gasteiger partial charge in [0.1, 0.15) is 0 Å². The Morgan fingerprint density at radius 1 is 1.62 bits per heavy atom. The second-order valence-corrected chi connectivity index (χ2v) is 3.82. The third kappa shape index (κ3) is 2.22. The SMILES string of the molecule is CCc1cc[n+](F)c(S(=O)(=O)[O-])c1. The molecule has 1 aromatic heterocycles. The van der Waals surface area contributed by atoms with Crippen molar-refractivity contribution in [2.45, 2.75) is 18.4 Å². The molecule has 0 spiro atoms. The van der Waals surface area contributed by atoms with Crippen LogP contribution in [-0.4, -0.2) is 13.0 Å². The minimum atomic E-state index is -4.73. The van der Waals surface area contributed by atoms with Crippen molar-refractivity contribution < 1.29 is 22.2 Å². The summed E-state index contributed by atoms with van der Waals surface area (Å²) < 4.78 is 44.3. The molecule has 0 amide bonds. The summed E-state index contributed by atoms with van der Waals surface area (Å²) >= 11 is 0. The third-order valence-electron chi connectivity index (χ3n) is 1.60. The van der Waals surface area contributed by atoms with Gasteiger partial charge in [-0.3, -0.25) is 0 Å². The van der Waals surface area contributed by atoms with E-state index in [0.29, 0.717) is 12.0 Å². The van der Waals surface area contributed by atoms with Gasteiger partial charge in [0, 0.05) is 16.9 Å². The first-order valence-electron chi connectivity index (χ1n) is 3.61. The van der Waals surface area contributed by atoms with Crippen LogP contribution in [0.2, 0.25) is 0 Å². The molecular weight excluding hydrogens is 197 g/mol. The van der Waals surface area contributed by atoms with Crippen LogP contribution in [0.15, 0.2) is 23.4 Å². The van der Waals surface area contributed by atoms with Gasteiger partial charge in [0.2, 0.25) is 6.20 Å². The van der Waals surface area contributed by atoms with E-state index in [2.05, 4.69) is 0 Å². The van der Waals surface area contributed by atoms with Crippen molar-refractivity contribution in [1.29, 1.82) is 0 Å². The molecule has 0 aliphatic heterocycles. The molecule has 0 atom stereocenters. The largest absolute Gasteiger partial charge is 0.739 e. The molecule has 13 heavy (non-hydrogen) atoms. The maximum absolute atomic E-state index is 12.7. The lowest BCUT2D eigenvalue weighted by molar-refractivity contribution is -0.874. The third-order valence-corrected chi connectivity index (χ3v) is 2.41. The molecule has 1 aromatic rings. The first-order valence-corrected chi connectivity index (χ1v) is 5.02. The van der Waals surface area contributed by atoms with Crippen molar-refractivity contribution in [1.82, 2.24) is 0 Å². The molecule has 0 unspecified atom stereocenters. The predicted octanol–water partition coefficient (Wildman–Crippen LogP) is 0.173. The van der Waals surface area contributed by atoms with E-state index in [1.54, 1.807) is 6.92 Å². The van der Waals surface area contributed by atoms with Crippen LogP contribution in [0.25, 0.3) is 0 Å². The number of nitrogens with zero attached hydrogens (tertiary/aromatic N) is 1. The Morgan fingerprint density at radius 3 is 2.69 bits per heavy atom. The van der Waals surface area contributed by atoms with Gasteiger partial charge in [0.15, 0.2) is 10.1 Å². The van der Waals surface area contributed by atoms with E-state index >= 15 is 0 Å². The number of aryl methyl sites for hydroxylation is 1. The highest BCUT2D eigenvalue weighted by atomic mass is 32.2. The number of pyridine rings is 1. The zero-order chi connectivity index (χ0) is 10.1. The van der Waals surface area contributed by atoms with E-state index < -0.39 is 15.1 Å². The van der Waals surface area contributed by atoms with Crippen molar-refractivity contribution >= 4 is 10.1 Å². The summed E-state index contributed by atoms with van der Waals surface area (Å²) in [5.41, 5.74) is 0.600. The van der Waals surface area contributed by atoms with Gasteiger partial charge < -0.3 is 4.55 Å². The molecule has 0 saturated carbocycles. The summed E-state index contributed by atoms with van der Waals surface area (Å²) in [6.45, 7) is 1.78. The first kappa shape index (κ1) is 10.1. The van der Waals surface area contributed by atoms with E-state index in [4.69, 9.17) is 0 Å². The van der Waals surface area contributed by atoms with Gasteiger partial charge in [0.25, 0.3) is 0 Å². The van der Waals surface area contributed by atoms with E-state index in [9.17, 15) is 17.5 Å². The quantitative estimate of drug-likeness (QED) is 0.647. The molecule has 0 radical (unpaired) electrons. The lowest BCUT2D eigenvalue weighted by Crippen LogP contribution is -2.30. The fourth-order valence-electron chi connectivity index (χ4n) is 0.902. The predicted molar refractivity (Wildman–Crippen MR) is 40.5 cm³/mol. The molecule has 72 valence electrons. The minimum absolute atomic E-state index is 0.193. The van der Waals surface area contributed by atoms with Crippen molar-refractivity contribution in [3.8, 4) is 0 Å². The molecule has 0 aliphatic rings. The van der Waals surface area contributed by atoms with Crippen molar-refractivity contribution in [3.05, 3.63) is 23.9 Å². The van der Waals surface area contributed by atoms with E-state index in [-0.39, 0.29) is 4.79 Å². The summed E-state index contributed by atoms with van der Waals surface area (Å²) in [7, 11) is -4.73. The average Bonchev–Trinajstić information content (AvgIpc) is 2.03. The normalized spacial score (nSPS) is 11.6. The van der Waals surface area contributed by atoms with Gasteiger partial charge in [-0.1, -0.05) is 6.92 Å². The van der Waals surface area contributed by atoms with Gasteiger partial charge in [0.05, 0.1) is 4.48 Å². The molecule has 0 saturated heterocycles. The summed E-state index contributed by atoms with van der Waals surface area (Å²) in [5.74, 6) is 0. The van der Waals surface area contributed by atoms with Crippen LogP contribution in [0.1, 0.15) is 12.5 Å². The Kier molecular flexibility index (Phi) is 2.63. The molecule has 0 aliphatic carbocycles. The van der Waals surface area contributed by atoms with Gasteiger partial charge in [-0.05, 0) is 12.0 Å². The van der Waals surface area contributed by atoms with Crippen LogP contribution in [-0.2, 0) is 16.5 Å². The highest BCUT2D eigenvalue weighted by Crippen LogP contribution is 2.06. The van der Waals surface area contributed by atoms with Crippen LogP contribution in [0.5, 0.6) is 0 Å². The Morgan fingerprint density at radius 2 is 2.23 bits per heavy atom. The molecule has 0 N–H and O–H groups in total. The second-order valence-electron chi connectivity index (χ2n) is 2.49. The second kappa shape index (κ2) is 3.39. The number of hydrogen-bond donors (Lipinski definition) is 0. The average molecular weight is 205 g/mol. The Bertz CT molecular complexity index is 416. The van der Waals surface area contributed by atoms with Crippen LogP contribution < -0.4 is 4.79 Å². The highest BCUT2D eigenvalue weighted by molar-refractivity contribution is 7.85. The highest BCUT2D eigenvalue weighted by Gasteiger charge is 2.18. The van der Waals surface area contributed by atoms with Crippen LogP contribution in [0.3, 0.4) is 0 Å². The maximum atomic E-state index is 12.7. The Balaban J connectivity index is 3.36. The lowest BCUT2D eigenvalue weighted by Gasteiger charge is -2.01. The van der Waals surface area contributed by atoms with E-state index in [1.807, 2.05) is 0 Å². The Labute approximate surface area is 75.3 Å². The molecule has 1 rings (SSSR count). The van der Waals surface area contributed by atoms with Gasteiger partial charge in [-0.15, -0.1) is 0 Å². The topological polar surface area (TPSA) is 61.1 Å². The van der Waals surface area contributed by atoms with Gasteiger partial charge >= 0.3 is 5.03 Å². The lowest BCUT2D eigenvalue weighted by atomic mass is 10.2. The minimum Gasteiger partial charge on any atom is -0.739 e. The number of hydrogen-bond acceptors (Lipinski definition) is 3. The summed E-state index contributed by atoms with van der Waals surface area (Å²) in [5, 5.41) is -0.855. The fourth-order valence-corrected chi connectivity index (χ4v) is 1.47. The zero-order valence-corrected chi connectivity index (χ0v) is 7.71. The van der Waals surface area contributed by atoms with Crippen LogP contribution in [0, 0.1) is 0 Å². The fraction of sp³-hybridized carbons (Fsp3) is 0.286. The van der Waals surface area contributed by atoms with E-state index in [1.165, 1.54) is 6.07 Å². The number of rotatable bonds is 2. The summed E-state index contributed by atoms with van der Waals surface area (Å²) in [6.07, 6.45) is 1.45. The van der Waals surface area contributed by atoms with Crippen LogP contribution in [0.4, 0.5) is 4.48 Å². The molecule has 1 heterocycles. The first-order chi connectivity index (χ1) is 5.95. The van der Waals surface area contributed by atoms with Crippen molar-refractivity contribution in [2.75, 3.05) is 0 Å². The molecule has 4 nitrogen and oxygen atoms in total. The maximum Gasteiger partial charge on any atom is 0.331 e. The monoisotopic (exact) mass is 205 g/mol. The van der Waals surface area contributed by atoms with E-state index in [0.717, 1.165) is 12.3 Å². The summed E-state index contributed by atoms with van der Waals surface area (Å²) in [6, 6.07) is 2.44. The van der Waals surface area contributed by atoms with Crippen LogP contribution >= 0.6 is 0 Å². The molecule has 0 aromatic carbocycles. The number of halogens is 1. The smallest absolute Gasteiger partial charge is 0.331 e. The molecular formula is C7H8FNO3S. The number of aromatic nitrogens is 1. The summed E-state index contributed by atoms with van der Waals surface area (Å²) in [4.78, 5) is -0.193. The molecule has 0 fully saturated rings.